The van der Waals surface area contributed by atoms with Crippen LogP contribution in [0.3, 0.4) is 0 Å². The molecule has 224 valence electrons. The van der Waals surface area contributed by atoms with Crippen LogP contribution in [0, 0.1) is 23.2 Å². The summed E-state index contributed by atoms with van der Waals surface area (Å²) in [5.41, 5.74) is 5.48. The molecule has 7 N–H and O–H groups in total. The van der Waals surface area contributed by atoms with Crippen LogP contribution in [0.5, 0.6) is 0 Å². The van der Waals surface area contributed by atoms with Crippen LogP contribution >= 0.6 is 11.8 Å². The SMILES string of the molecule is CC(NC(=O)Cn1cnnn1)[C@H]1C(=O)N2[C@H](C(=O)O)C(SC3CNC(C(=O)N4CC(CC(=N)N)[C@H](O)C4)C3)C(C)[C@H]12. The zero-order valence-electron chi connectivity index (χ0n) is 22.8. The number of aliphatic hydroxyl groups excluding tert-OH is 1. The van der Waals surface area contributed by atoms with E-state index >= 15 is 0 Å². The third-order valence-corrected chi connectivity index (χ3v) is 10.5. The maximum Gasteiger partial charge on any atom is 0.327 e. The first-order valence-corrected chi connectivity index (χ1v) is 14.6. The number of nitrogens with two attached hydrogens (primary N) is 1. The van der Waals surface area contributed by atoms with Gasteiger partial charge in [0.2, 0.25) is 17.7 Å². The Morgan fingerprint density at radius 1 is 1.34 bits per heavy atom. The van der Waals surface area contributed by atoms with Crippen LogP contribution in [-0.2, 0) is 25.7 Å². The molecular weight excluding hydrogens is 556 g/mol. The average Bonchev–Trinajstić information content (AvgIpc) is 3.68. The summed E-state index contributed by atoms with van der Waals surface area (Å²) >= 11 is 1.50. The Morgan fingerprint density at radius 2 is 2.10 bits per heavy atom. The molecule has 3 amide bonds. The number of carboxylic acid groups (broad SMARTS) is 1. The number of aromatic nitrogens is 4. The first-order valence-electron chi connectivity index (χ1n) is 13.7. The molecule has 1 aromatic rings. The fourth-order valence-corrected chi connectivity index (χ4v) is 8.56. The Kier molecular flexibility index (Phi) is 8.20. The number of hydrogen-bond donors (Lipinski definition) is 6. The van der Waals surface area contributed by atoms with Crippen molar-refractivity contribution in [1.82, 2.24) is 40.6 Å². The van der Waals surface area contributed by atoms with Gasteiger partial charge in [0.15, 0.2) is 0 Å². The quantitative estimate of drug-likeness (QED) is 0.0911. The number of carbonyl (C=O) groups is 4. The topological polar surface area (TPSA) is 233 Å². The molecule has 41 heavy (non-hydrogen) atoms. The number of carboxylic acids is 1. The van der Waals surface area contributed by atoms with Gasteiger partial charge in [-0.25, -0.2) is 9.48 Å². The van der Waals surface area contributed by atoms with E-state index in [0.29, 0.717) is 19.5 Å². The predicted octanol–water partition coefficient (Wildman–Crippen LogP) is -2.91. The number of carbonyl (C=O) groups excluding carboxylic acids is 3. The smallest absolute Gasteiger partial charge is 0.327 e. The molecular formula is C24H36N10O6S. The number of aliphatic carboxylic acids is 1. The minimum Gasteiger partial charge on any atom is -0.480 e. The van der Waals surface area contributed by atoms with Crippen molar-refractivity contribution >= 4 is 41.3 Å². The Bertz CT molecular complexity index is 1200. The molecule has 0 bridgehead atoms. The average molecular weight is 593 g/mol. The lowest BCUT2D eigenvalue weighted by atomic mass is 9.78. The highest BCUT2D eigenvalue weighted by Crippen LogP contribution is 2.50. The van der Waals surface area contributed by atoms with E-state index in [1.807, 2.05) is 6.92 Å². The van der Waals surface area contributed by atoms with E-state index in [2.05, 4.69) is 26.2 Å². The number of amidine groups is 1. The van der Waals surface area contributed by atoms with Crippen molar-refractivity contribution in [2.75, 3.05) is 19.6 Å². The number of likely N-dealkylation sites (tertiary alicyclic amines) is 1. The van der Waals surface area contributed by atoms with Gasteiger partial charge >= 0.3 is 5.97 Å². The van der Waals surface area contributed by atoms with Gasteiger partial charge in [-0.2, -0.15) is 11.8 Å². The second-order valence-corrected chi connectivity index (χ2v) is 13.0. The van der Waals surface area contributed by atoms with Gasteiger partial charge in [0.05, 0.1) is 23.9 Å². The summed E-state index contributed by atoms with van der Waals surface area (Å²) in [6.07, 6.45) is 1.31. The van der Waals surface area contributed by atoms with Gasteiger partial charge in [-0.3, -0.25) is 19.8 Å². The van der Waals surface area contributed by atoms with Gasteiger partial charge in [-0.05, 0) is 29.7 Å². The van der Waals surface area contributed by atoms with Crippen molar-refractivity contribution in [3.8, 4) is 0 Å². The highest BCUT2D eigenvalue weighted by molar-refractivity contribution is 8.00. The first kappa shape index (κ1) is 29.2. The summed E-state index contributed by atoms with van der Waals surface area (Å²) in [6, 6.07) is -2.30. The van der Waals surface area contributed by atoms with Gasteiger partial charge in [0.25, 0.3) is 0 Å². The Labute approximate surface area is 240 Å². The van der Waals surface area contributed by atoms with Crippen molar-refractivity contribution in [3.05, 3.63) is 6.33 Å². The van der Waals surface area contributed by atoms with Crippen LogP contribution in [0.2, 0.25) is 0 Å². The summed E-state index contributed by atoms with van der Waals surface area (Å²) in [4.78, 5) is 54.2. The van der Waals surface area contributed by atoms with E-state index in [0.717, 1.165) is 0 Å². The zero-order valence-corrected chi connectivity index (χ0v) is 23.6. The first-order chi connectivity index (χ1) is 19.5. The number of nitrogens with one attached hydrogen (secondary N) is 3. The van der Waals surface area contributed by atoms with Gasteiger partial charge in [-0.15, -0.1) is 5.10 Å². The Morgan fingerprint density at radius 3 is 2.76 bits per heavy atom. The summed E-state index contributed by atoms with van der Waals surface area (Å²) < 4.78 is 1.27. The molecule has 5 rings (SSSR count). The monoisotopic (exact) mass is 592 g/mol. The molecule has 0 saturated carbocycles. The summed E-state index contributed by atoms with van der Waals surface area (Å²) in [7, 11) is 0. The van der Waals surface area contributed by atoms with Gasteiger partial charge in [0, 0.05) is 54.6 Å². The van der Waals surface area contributed by atoms with E-state index in [1.165, 1.54) is 27.7 Å². The Hall–Kier alpha value is -3.31. The maximum absolute atomic E-state index is 13.2. The molecule has 0 aliphatic carbocycles. The lowest BCUT2D eigenvalue weighted by Crippen LogP contribution is -2.68. The van der Waals surface area contributed by atoms with Crippen molar-refractivity contribution in [3.63, 3.8) is 0 Å². The summed E-state index contributed by atoms with van der Waals surface area (Å²) in [6.45, 7) is 4.63. The molecule has 17 heteroatoms. The molecule has 1 aromatic heterocycles. The second kappa shape index (κ2) is 11.5. The van der Waals surface area contributed by atoms with Crippen LogP contribution in [0.1, 0.15) is 26.7 Å². The van der Waals surface area contributed by atoms with Crippen molar-refractivity contribution in [2.24, 2.45) is 23.5 Å². The summed E-state index contributed by atoms with van der Waals surface area (Å²) in [5, 5.41) is 44.2. The van der Waals surface area contributed by atoms with E-state index in [4.69, 9.17) is 11.1 Å². The molecule has 10 atom stereocenters. The minimum absolute atomic E-state index is 0.0241. The molecule has 4 aliphatic rings. The number of β-lactam (4-membered cyclic amide) rings is 1. The van der Waals surface area contributed by atoms with Crippen LogP contribution in [0.25, 0.3) is 0 Å². The number of rotatable bonds is 10. The molecule has 5 heterocycles. The van der Waals surface area contributed by atoms with E-state index in [1.54, 1.807) is 11.8 Å². The van der Waals surface area contributed by atoms with E-state index in [-0.39, 0.29) is 71.4 Å². The van der Waals surface area contributed by atoms with Crippen LogP contribution in [-0.4, -0.2) is 130 Å². The lowest BCUT2D eigenvalue weighted by Gasteiger charge is -2.48. The molecule has 0 aromatic carbocycles. The number of tetrazole rings is 1. The van der Waals surface area contributed by atoms with Crippen molar-refractivity contribution in [1.29, 1.82) is 5.41 Å². The third kappa shape index (κ3) is 5.61. The fourth-order valence-electron chi connectivity index (χ4n) is 6.81. The van der Waals surface area contributed by atoms with Crippen LogP contribution in [0.15, 0.2) is 6.33 Å². The summed E-state index contributed by atoms with van der Waals surface area (Å²) in [5.74, 6) is -2.83. The number of thioether (sulfide) groups is 1. The second-order valence-electron chi connectivity index (χ2n) is 11.5. The molecule has 4 fully saturated rings. The third-order valence-electron chi connectivity index (χ3n) is 8.71. The highest BCUT2D eigenvalue weighted by Gasteiger charge is 2.65. The normalized spacial score (nSPS) is 35.2. The van der Waals surface area contributed by atoms with Gasteiger partial charge < -0.3 is 36.4 Å². The van der Waals surface area contributed by atoms with Crippen molar-refractivity contribution < 1.29 is 29.4 Å². The van der Waals surface area contributed by atoms with Crippen molar-refractivity contribution in [2.45, 2.75) is 74.0 Å². The van der Waals surface area contributed by atoms with E-state index in [9.17, 15) is 29.4 Å². The molecule has 0 radical (unpaired) electrons. The standard InChI is InChI=1S/C24H36N10O6S/c1-10-19-18(11(2)29-17(36)8-33-9-28-30-31-33)23(38)34(19)20(24(39)40)21(10)41-13-4-14(27-5-13)22(37)32-6-12(3-16(25)26)15(35)7-32/h9-15,18-21,27,35H,3-8H2,1-2H3,(H3,25,26)(H,29,36)(H,39,40)/t10?,11?,12?,13?,14?,15-,18-,19-,20+,21?/m1/s1. The molecule has 4 aliphatic heterocycles. The molecule has 6 unspecified atom stereocenters. The maximum atomic E-state index is 13.2. The number of hydrogen-bond acceptors (Lipinski definition) is 11. The minimum atomic E-state index is -1.07. The lowest BCUT2D eigenvalue weighted by molar-refractivity contribution is -0.166. The van der Waals surface area contributed by atoms with Crippen LogP contribution in [0.4, 0.5) is 0 Å². The number of fused-ring (bicyclic) bond motifs is 1. The van der Waals surface area contributed by atoms with Crippen LogP contribution < -0.4 is 16.4 Å². The number of aliphatic hydroxyl groups is 1. The van der Waals surface area contributed by atoms with Gasteiger partial charge in [0.1, 0.15) is 18.9 Å². The fraction of sp³-hybridized carbons (Fsp3) is 0.750. The number of β-amino-alcohol motifs (C(OH)–C–C–N with tert-alkyl or cyclic N) is 1. The number of nitrogens with zero attached hydrogens (tertiary/aromatic N) is 6. The largest absolute Gasteiger partial charge is 0.480 e. The Balaban J connectivity index is 1.19. The zero-order chi connectivity index (χ0) is 29.6. The molecule has 16 nitrogen and oxygen atoms in total. The molecule has 0 spiro atoms. The molecule has 4 saturated heterocycles. The van der Waals surface area contributed by atoms with Gasteiger partial charge in [-0.1, -0.05) is 6.92 Å². The number of amides is 3. The highest BCUT2D eigenvalue weighted by atomic mass is 32.2. The van der Waals surface area contributed by atoms with E-state index < -0.39 is 36.1 Å². The predicted molar refractivity (Wildman–Crippen MR) is 144 cm³/mol.